The van der Waals surface area contributed by atoms with Gasteiger partial charge in [-0.15, -0.1) is 0 Å². The van der Waals surface area contributed by atoms with E-state index in [1.807, 2.05) is 38.1 Å². The molecule has 5 rings (SSSR count). The molecule has 0 radical (unpaired) electrons. The summed E-state index contributed by atoms with van der Waals surface area (Å²) in [6.45, 7) is 3.72. The third-order valence-electron chi connectivity index (χ3n) is 5.86. The predicted octanol–water partition coefficient (Wildman–Crippen LogP) is 3.84. The zero-order chi connectivity index (χ0) is 25.5. The van der Waals surface area contributed by atoms with Crippen molar-refractivity contribution >= 4 is 42.2 Å². The van der Waals surface area contributed by atoms with Crippen LogP contribution in [0.4, 0.5) is 0 Å². The maximum atomic E-state index is 12.9. The third-order valence-corrected chi connectivity index (χ3v) is 8.31. The number of benzene rings is 4. The van der Waals surface area contributed by atoms with Crippen LogP contribution in [0.5, 0.6) is 0 Å². The lowest BCUT2D eigenvalue weighted by molar-refractivity contribution is 0.582. The largest absolute Gasteiger partial charge is 0.276 e. The average Bonchev–Trinajstić information content (AvgIpc) is 3.16. The molecule has 0 spiro atoms. The summed E-state index contributed by atoms with van der Waals surface area (Å²) in [4.78, 5) is 4.68. The van der Waals surface area contributed by atoms with Crippen LogP contribution in [0.3, 0.4) is 0 Å². The van der Waals surface area contributed by atoms with Crippen molar-refractivity contribution in [2.45, 2.75) is 23.6 Å². The van der Waals surface area contributed by atoms with Crippen molar-refractivity contribution in [3.8, 4) is 0 Å². The van der Waals surface area contributed by atoms with Gasteiger partial charge in [-0.25, -0.2) is 0 Å². The lowest BCUT2D eigenvalue weighted by atomic mass is 10.1. The Kier molecular flexibility index (Phi) is 5.85. The van der Waals surface area contributed by atoms with Gasteiger partial charge in [0.15, 0.2) is 0 Å². The Bertz CT molecular complexity index is 1630. The van der Waals surface area contributed by atoms with Crippen LogP contribution in [0.1, 0.15) is 22.3 Å². The van der Waals surface area contributed by atoms with E-state index in [0.29, 0.717) is 11.1 Å². The topological polar surface area (TPSA) is 117 Å². The molecule has 8 nitrogen and oxygen atoms in total. The van der Waals surface area contributed by atoms with E-state index in [2.05, 4.69) is 19.9 Å². The highest BCUT2D eigenvalue weighted by Gasteiger charge is 2.29. The number of hydrazone groups is 2. The van der Waals surface area contributed by atoms with E-state index in [1.165, 1.54) is 24.3 Å². The molecule has 0 saturated carbocycles. The zero-order valence-corrected chi connectivity index (χ0v) is 21.1. The molecule has 1 aliphatic rings. The molecule has 4 aromatic rings. The van der Waals surface area contributed by atoms with Crippen LogP contribution in [-0.2, 0) is 20.0 Å². The first-order chi connectivity index (χ1) is 17.2. The molecule has 10 heteroatoms. The summed E-state index contributed by atoms with van der Waals surface area (Å²) in [5.41, 5.74) is 3.56. The summed E-state index contributed by atoms with van der Waals surface area (Å²) >= 11 is 0. The maximum Gasteiger partial charge on any atom is 0.276 e. The van der Waals surface area contributed by atoms with E-state index in [-0.39, 0.29) is 21.2 Å². The molecule has 0 bridgehead atoms. The Morgan fingerprint density at radius 3 is 1.33 bits per heavy atom. The predicted molar refractivity (Wildman–Crippen MR) is 140 cm³/mol. The number of sulfonamides is 2. The summed E-state index contributed by atoms with van der Waals surface area (Å²) in [5.74, 6) is 0. The van der Waals surface area contributed by atoms with Crippen molar-refractivity contribution in [2.75, 3.05) is 0 Å². The minimum absolute atomic E-state index is 0.0599. The lowest BCUT2D eigenvalue weighted by Crippen LogP contribution is -2.26. The smallest absolute Gasteiger partial charge is 0.200 e. The van der Waals surface area contributed by atoms with Gasteiger partial charge in [0.05, 0.1) is 9.79 Å². The Morgan fingerprint density at radius 1 is 0.556 bits per heavy atom. The number of nitrogens with one attached hydrogen (secondary N) is 2. The quantitative estimate of drug-likeness (QED) is 0.377. The molecule has 0 atom stereocenters. The van der Waals surface area contributed by atoms with Gasteiger partial charge in [0.1, 0.15) is 11.4 Å². The fourth-order valence-corrected chi connectivity index (χ4v) is 5.59. The molecule has 0 unspecified atom stereocenters. The summed E-state index contributed by atoms with van der Waals surface area (Å²) in [6.07, 6.45) is 0. The second-order valence-corrected chi connectivity index (χ2v) is 11.8. The van der Waals surface area contributed by atoms with E-state index in [0.717, 1.165) is 21.9 Å². The van der Waals surface area contributed by atoms with Crippen molar-refractivity contribution in [3.05, 3.63) is 107 Å². The number of hydrogen-bond acceptors (Lipinski definition) is 6. The minimum Gasteiger partial charge on any atom is -0.200 e. The van der Waals surface area contributed by atoms with Gasteiger partial charge in [0.25, 0.3) is 20.0 Å². The van der Waals surface area contributed by atoms with Gasteiger partial charge in [0.2, 0.25) is 0 Å². The van der Waals surface area contributed by atoms with Gasteiger partial charge < -0.3 is 0 Å². The highest BCUT2D eigenvalue weighted by Crippen LogP contribution is 2.31. The Hall–Kier alpha value is -4.02. The number of aryl methyl sites for hydroxylation is 2. The molecular weight excluding hydrogens is 496 g/mol. The fourth-order valence-electron chi connectivity index (χ4n) is 3.97. The molecule has 0 aromatic heterocycles. The Labute approximate surface area is 209 Å². The van der Waals surface area contributed by atoms with Crippen molar-refractivity contribution in [1.29, 1.82) is 0 Å². The molecule has 0 heterocycles. The zero-order valence-electron chi connectivity index (χ0n) is 19.4. The van der Waals surface area contributed by atoms with E-state index in [1.54, 1.807) is 36.4 Å². The van der Waals surface area contributed by atoms with Crippen LogP contribution in [0.25, 0.3) is 10.8 Å². The average molecular weight is 519 g/mol. The first-order valence-electron chi connectivity index (χ1n) is 11.0. The first kappa shape index (κ1) is 23.7. The van der Waals surface area contributed by atoms with Gasteiger partial charge in [0, 0.05) is 16.5 Å². The molecule has 2 N–H and O–H groups in total. The van der Waals surface area contributed by atoms with Crippen molar-refractivity contribution in [2.24, 2.45) is 10.2 Å². The van der Waals surface area contributed by atoms with E-state index < -0.39 is 20.0 Å². The first-order valence-corrected chi connectivity index (χ1v) is 14.0. The normalized spacial score (nSPS) is 15.5. The standard InChI is InChI=1S/C26H22N4O4S2/c1-17-9-13-20(14-10-17)35(31,32)29-27-25-22-7-3-5-19-6-4-8-23(24(19)22)26(25)28-30-36(33,34)21-15-11-18(2)12-16-21/h3-16,29-30H,1-2H3/b27-25-,28-26+. The lowest BCUT2D eigenvalue weighted by Gasteiger charge is -2.08. The van der Waals surface area contributed by atoms with Gasteiger partial charge in [-0.05, 0) is 43.5 Å². The molecule has 0 amide bonds. The highest BCUT2D eigenvalue weighted by molar-refractivity contribution is 7.89. The Balaban J connectivity index is 1.58. The van der Waals surface area contributed by atoms with Gasteiger partial charge >= 0.3 is 0 Å². The monoisotopic (exact) mass is 518 g/mol. The fraction of sp³-hybridized carbons (Fsp3) is 0.0769. The second-order valence-electron chi connectivity index (χ2n) is 8.45. The molecule has 36 heavy (non-hydrogen) atoms. The maximum absolute atomic E-state index is 12.9. The van der Waals surface area contributed by atoms with Gasteiger partial charge in [-0.1, -0.05) is 71.8 Å². The molecule has 0 aliphatic heterocycles. The second kappa shape index (κ2) is 8.89. The van der Waals surface area contributed by atoms with Crippen molar-refractivity contribution in [3.63, 3.8) is 0 Å². The van der Waals surface area contributed by atoms with Crippen LogP contribution in [0.15, 0.2) is 105 Å². The number of hydrogen-bond donors (Lipinski definition) is 2. The molecular formula is C26H22N4O4S2. The van der Waals surface area contributed by atoms with E-state index in [4.69, 9.17) is 0 Å². The summed E-state index contributed by atoms with van der Waals surface area (Å²) in [7, 11) is -7.93. The van der Waals surface area contributed by atoms with E-state index in [9.17, 15) is 16.8 Å². The van der Waals surface area contributed by atoms with Crippen LogP contribution in [0, 0.1) is 13.8 Å². The summed E-state index contributed by atoms with van der Waals surface area (Å²) < 4.78 is 51.5. The molecule has 0 fully saturated rings. The van der Waals surface area contributed by atoms with Crippen LogP contribution < -0.4 is 9.66 Å². The third kappa shape index (κ3) is 4.36. The highest BCUT2D eigenvalue weighted by atomic mass is 32.2. The van der Waals surface area contributed by atoms with Crippen molar-refractivity contribution < 1.29 is 16.8 Å². The molecule has 0 saturated heterocycles. The number of nitrogens with zero attached hydrogens (tertiary/aromatic N) is 2. The molecule has 1 aliphatic carbocycles. The van der Waals surface area contributed by atoms with Crippen LogP contribution in [-0.4, -0.2) is 28.3 Å². The molecule has 4 aromatic carbocycles. The van der Waals surface area contributed by atoms with Crippen LogP contribution >= 0.6 is 0 Å². The Morgan fingerprint density at radius 2 is 0.944 bits per heavy atom. The van der Waals surface area contributed by atoms with Crippen molar-refractivity contribution in [1.82, 2.24) is 9.66 Å². The summed E-state index contributed by atoms with van der Waals surface area (Å²) in [6, 6.07) is 23.8. The summed E-state index contributed by atoms with van der Waals surface area (Å²) in [5, 5.41) is 10.1. The SMILES string of the molecule is Cc1ccc(S(=O)(=O)N/N=C2\C(=N\NS(=O)(=O)c3ccc(C)cc3)c3cccc4cccc2c34)cc1. The van der Waals surface area contributed by atoms with E-state index >= 15 is 0 Å². The van der Waals surface area contributed by atoms with Gasteiger partial charge in [-0.2, -0.15) is 36.7 Å². The molecule has 182 valence electrons. The minimum atomic E-state index is -3.97. The van der Waals surface area contributed by atoms with Gasteiger partial charge in [-0.3, -0.25) is 0 Å². The van der Waals surface area contributed by atoms with Crippen LogP contribution in [0.2, 0.25) is 0 Å². The number of rotatable bonds is 6.